The Kier molecular flexibility index (Phi) is 4.00. The largest absolute Gasteiger partial charge is 0.322 e. The van der Waals surface area contributed by atoms with Gasteiger partial charge < -0.3 is 9.88 Å². The Balaban J connectivity index is 1.78. The van der Waals surface area contributed by atoms with Crippen LogP contribution in [0.15, 0.2) is 85.1 Å². The van der Waals surface area contributed by atoms with Crippen LogP contribution in [0.25, 0.3) is 16.6 Å². The SMILES string of the molecule is O=C(Nc1cccc(Cl)c1)c1cn(-c2ccccc2)c2ccccc12. The smallest absolute Gasteiger partial charge is 0.257 e. The second-order valence-corrected chi connectivity index (χ2v) is 6.17. The van der Waals surface area contributed by atoms with Crippen molar-refractivity contribution in [2.75, 3.05) is 5.32 Å². The van der Waals surface area contributed by atoms with Gasteiger partial charge in [-0.05, 0) is 36.4 Å². The Morgan fingerprint density at radius 3 is 2.44 bits per heavy atom. The first-order valence-electron chi connectivity index (χ1n) is 7.95. The van der Waals surface area contributed by atoms with Crippen molar-refractivity contribution < 1.29 is 4.79 Å². The fourth-order valence-electron chi connectivity index (χ4n) is 2.93. The van der Waals surface area contributed by atoms with Crippen molar-refractivity contribution in [2.45, 2.75) is 0 Å². The van der Waals surface area contributed by atoms with E-state index in [1.165, 1.54) is 0 Å². The van der Waals surface area contributed by atoms with Gasteiger partial charge in [0.15, 0.2) is 0 Å². The number of hydrogen-bond acceptors (Lipinski definition) is 1. The minimum absolute atomic E-state index is 0.159. The standard InChI is InChI=1S/C21H15ClN2O/c22-15-7-6-8-16(13-15)23-21(25)19-14-24(17-9-2-1-3-10-17)20-12-5-4-11-18(19)20/h1-14H,(H,23,25). The molecule has 0 aliphatic heterocycles. The molecule has 0 aliphatic rings. The lowest BCUT2D eigenvalue weighted by atomic mass is 10.1. The number of para-hydroxylation sites is 2. The number of carbonyl (C=O) groups is 1. The quantitative estimate of drug-likeness (QED) is 0.519. The van der Waals surface area contributed by atoms with Crippen LogP contribution in [-0.4, -0.2) is 10.5 Å². The highest BCUT2D eigenvalue weighted by Crippen LogP contribution is 2.26. The first-order chi connectivity index (χ1) is 12.2. The molecule has 1 heterocycles. The summed E-state index contributed by atoms with van der Waals surface area (Å²) >= 11 is 6.00. The van der Waals surface area contributed by atoms with Crippen LogP contribution in [0.4, 0.5) is 5.69 Å². The van der Waals surface area contributed by atoms with Gasteiger partial charge in [-0.15, -0.1) is 0 Å². The molecule has 4 heteroatoms. The van der Waals surface area contributed by atoms with Crippen LogP contribution >= 0.6 is 11.6 Å². The van der Waals surface area contributed by atoms with E-state index in [4.69, 9.17) is 11.6 Å². The maximum Gasteiger partial charge on any atom is 0.257 e. The molecule has 25 heavy (non-hydrogen) atoms. The zero-order chi connectivity index (χ0) is 17.2. The number of hydrogen-bond donors (Lipinski definition) is 1. The molecule has 1 amide bonds. The van der Waals surface area contributed by atoms with Crippen molar-refractivity contribution in [2.24, 2.45) is 0 Å². The molecule has 0 spiro atoms. The molecular formula is C21H15ClN2O. The third-order valence-corrected chi connectivity index (χ3v) is 4.31. The minimum Gasteiger partial charge on any atom is -0.322 e. The molecular weight excluding hydrogens is 332 g/mol. The lowest BCUT2D eigenvalue weighted by molar-refractivity contribution is 0.102. The van der Waals surface area contributed by atoms with Gasteiger partial charge in [0.2, 0.25) is 0 Å². The molecule has 0 atom stereocenters. The molecule has 4 aromatic rings. The molecule has 0 radical (unpaired) electrons. The lowest BCUT2D eigenvalue weighted by Gasteiger charge is -2.04. The molecule has 1 N–H and O–H groups in total. The number of nitrogens with zero attached hydrogens (tertiary/aromatic N) is 1. The third kappa shape index (κ3) is 3.02. The van der Waals surface area contributed by atoms with Gasteiger partial charge in [-0.25, -0.2) is 0 Å². The highest BCUT2D eigenvalue weighted by atomic mass is 35.5. The average Bonchev–Trinajstić information content (AvgIpc) is 3.02. The third-order valence-electron chi connectivity index (χ3n) is 4.07. The molecule has 0 fully saturated rings. The topological polar surface area (TPSA) is 34.0 Å². The number of halogens is 1. The first kappa shape index (κ1) is 15.5. The molecule has 1 aromatic heterocycles. The van der Waals surface area contributed by atoms with Gasteiger partial charge in [0, 0.05) is 28.0 Å². The summed E-state index contributed by atoms with van der Waals surface area (Å²) in [6, 6.07) is 25.0. The molecule has 0 saturated heterocycles. The molecule has 3 nitrogen and oxygen atoms in total. The average molecular weight is 347 g/mol. The number of nitrogens with one attached hydrogen (secondary N) is 1. The van der Waals surface area contributed by atoms with E-state index >= 15 is 0 Å². The van der Waals surface area contributed by atoms with E-state index in [-0.39, 0.29) is 5.91 Å². The molecule has 0 aliphatic carbocycles. The predicted octanol–water partition coefficient (Wildman–Crippen LogP) is 5.54. The van der Waals surface area contributed by atoms with Crippen molar-refractivity contribution in [3.8, 4) is 5.69 Å². The Labute approximate surface area is 150 Å². The molecule has 122 valence electrons. The predicted molar refractivity (Wildman–Crippen MR) is 103 cm³/mol. The molecule has 0 unspecified atom stereocenters. The number of anilines is 1. The Hall–Kier alpha value is -3.04. The van der Waals surface area contributed by atoms with E-state index < -0.39 is 0 Å². The second kappa shape index (κ2) is 6.46. The van der Waals surface area contributed by atoms with Crippen LogP contribution < -0.4 is 5.32 Å². The van der Waals surface area contributed by atoms with E-state index in [1.54, 1.807) is 12.1 Å². The summed E-state index contributed by atoms with van der Waals surface area (Å²) in [6.45, 7) is 0. The molecule has 0 bridgehead atoms. The van der Waals surface area contributed by atoms with E-state index in [0.717, 1.165) is 16.6 Å². The van der Waals surface area contributed by atoms with Crippen molar-refractivity contribution in [3.63, 3.8) is 0 Å². The van der Waals surface area contributed by atoms with Gasteiger partial charge in [-0.1, -0.05) is 54.1 Å². The van der Waals surface area contributed by atoms with Crippen molar-refractivity contribution >= 4 is 34.1 Å². The van der Waals surface area contributed by atoms with Crippen molar-refractivity contribution in [1.82, 2.24) is 4.57 Å². The molecule has 3 aromatic carbocycles. The van der Waals surface area contributed by atoms with Crippen LogP contribution in [0.3, 0.4) is 0 Å². The van der Waals surface area contributed by atoms with Gasteiger partial charge in [-0.3, -0.25) is 4.79 Å². The summed E-state index contributed by atoms with van der Waals surface area (Å²) in [7, 11) is 0. The highest BCUT2D eigenvalue weighted by Gasteiger charge is 2.15. The number of rotatable bonds is 3. The number of fused-ring (bicyclic) bond motifs is 1. The Bertz CT molecular complexity index is 1050. The summed E-state index contributed by atoms with van der Waals surface area (Å²) in [5.41, 5.74) is 3.30. The summed E-state index contributed by atoms with van der Waals surface area (Å²) in [4.78, 5) is 12.8. The summed E-state index contributed by atoms with van der Waals surface area (Å²) in [5, 5.41) is 4.41. The molecule has 0 saturated carbocycles. The van der Waals surface area contributed by atoms with E-state index in [2.05, 4.69) is 5.32 Å². The van der Waals surface area contributed by atoms with Crippen LogP contribution in [0, 0.1) is 0 Å². The maximum absolute atomic E-state index is 12.8. The number of carbonyl (C=O) groups excluding carboxylic acids is 1. The zero-order valence-electron chi connectivity index (χ0n) is 13.3. The highest BCUT2D eigenvalue weighted by molar-refractivity contribution is 6.31. The fraction of sp³-hybridized carbons (Fsp3) is 0. The number of benzene rings is 3. The van der Waals surface area contributed by atoms with Gasteiger partial charge in [0.25, 0.3) is 5.91 Å². The van der Waals surface area contributed by atoms with Gasteiger partial charge in [-0.2, -0.15) is 0 Å². The monoisotopic (exact) mass is 346 g/mol. The Morgan fingerprint density at radius 1 is 0.880 bits per heavy atom. The minimum atomic E-state index is -0.159. The van der Waals surface area contributed by atoms with Gasteiger partial charge in [0.1, 0.15) is 0 Å². The normalized spacial score (nSPS) is 10.8. The van der Waals surface area contributed by atoms with Crippen LogP contribution in [-0.2, 0) is 0 Å². The first-order valence-corrected chi connectivity index (χ1v) is 8.32. The molecule has 4 rings (SSSR count). The van der Waals surface area contributed by atoms with Crippen LogP contribution in [0.2, 0.25) is 5.02 Å². The lowest BCUT2D eigenvalue weighted by Crippen LogP contribution is -2.11. The number of aromatic nitrogens is 1. The van der Waals surface area contributed by atoms with Gasteiger partial charge in [0.05, 0.1) is 11.1 Å². The zero-order valence-corrected chi connectivity index (χ0v) is 14.1. The van der Waals surface area contributed by atoms with Crippen molar-refractivity contribution in [1.29, 1.82) is 0 Å². The second-order valence-electron chi connectivity index (χ2n) is 5.73. The van der Waals surface area contributed by atoms with E-state index in [0.29, 0.717) is 16.3 Å². The van der Waals surface area contributed by atoms with Crippen LogP contribution in [0.1, 0.15) is 10.4 Å². The Morgan fingerprint density at radius 2 is 1.64 bits per heavy atom. The van der Waals surface area contributed by atoms with Crippen molar-refractivity contribution in [3.05, 3.63) is 95.6 Å². The fourth-order valence-corrected chi connectivity index (χ4v) is 3.12. The summed E-state index contributed by atoms with van der Waals surface area (Å²) in [6.07, 6.45) is 1.87. The van der Waals surface area contributed by atoms with Crippen LogP contribution in [0.5, 0.6) is 0 Å². The van der Waals surface area contributed by atoms with Gasteiger partial charge >= 0.3 is 0 Å². The summed E-state index contributed by atoms with van der Waals surface area (Å²) in [5.74, 6) is -0.159. The maximum atomic E-state index is 12.8. The van der Waals surface area contributed by atoms with E-state index in [9.17, 15) is 4.79 Å². The van der Waals surface area contributed by atoms with E-state index in [1.807, 2.05) is 77.5 Å². The number of amides is 1. The summed E-state index contributed by atoms with van der Waals surface area (Å²) < 4.78 is 2.03.